The molecule has 0 fully saturated rings. The fourth-order valence-corrected chi connectivity index (χ4v) is 4.22. The molecule has 2 heterocycles. The van der Waals surface area contributed by atoms with Crippen molar-refractivity contribution in [2.24, 2.45) is 23.3 Å². The third kappa shape index (κ3) is 9.41. The number of nitrogens with one attached hydrogen (secondary N) is 5. The van der Waals surface area contributed by atoms with Gasteiger partial charge in [-0.05, 0) is 25.7 Å². The van der Waals surface area contributed by atoms with Gasteiger partial charge in [0.05, 0.1) is 19.6 Å². The second kappa shape index (κ2) is 14.9. The van der Waals surface area contributed by atoms with Crippen molar-refractivity contribution in [3.8, 4) is 0 Å². The minimum atomic E-state index is -1.47. The Hall–Kier alpha value is -4.27. The predicted molar refractivity (Wildman–Crippen MR) is 145 cm³/mol. The topological polar surface area (TPSA) is 241 Å². The summed E-state index contributed by atoms with van der Waals surface area (Å²) in [6.07, 6.45) is 5.46. The SMILES string of the molecule is COC(=O)[C@@H]1C/C=C/[C@@H](C)[C@H]2NC(=O)[C@H](C)NC(=O)[C@H](N)[C@@H](C)/C=C/C[C@H](NC2=O)C(=O)N[C@@H](CC(N)=O)C(=O)N1. The summed E-state index contributed by atoms with van der Waals surface area (Å²) in [6.45, 7) is 4.73. The van der Waals surface area contributed by atoms with Crippen molar-refractivity contribution < 1.29 is 38.3 Å². The van der Waals surface area contributed by atoms with Crippen LogP contribution in [0.4, 0.5) is 0 Å². The molecular weight excluding hydrogens is 538 g/mol. The van der Waals surface area contributed by atoms with Crippen LogP contribution in [0.5, 0.6) is 0 Å². The molecule has 2 aliphatic rings. The molecule has 2 aliphatic heterocycles. The van der Waals surface area contributed by atoms with E-state index in [1.807, 2.05) is 0 Å². The molecule has 0 unspecified atom stereocenters. The van der Waals surface area contributed by atoms with Gasteiger partial charge >= 0.3 is 5.97 Å². The third-order valence-corrected chi connectivity index (χ3v) is 6.82. The Bertz CT molecular complexity index is 1110. The number of hydrogen-bond acceptors (Lipinski definition) is 9. The van der Waals surface area contributed by atoms with Gasteiger partial charge in [0.2, 0.25) is 35.4 Å². The quantitative estimate of drug-likeness (QED) is 0.133. The van der Waals surface area contributed by atoms with E-state index in [1.165, 1.54) is 13.0 Å². The zero-order valence-corrected chi connectivity index (χ0v) is 23.5. The molecule has 15 nitrogen and oxygen atoms in total. The van der Waals surface area contributed by atoms with Crippen LogP contribution >= 0.6 is 0 Å². The van der Waals surface area contributed by atoms with Gasteiger partial charge in [-0.15, -0.1) is 0 Å². The molecule has 0 aliphatic carbocycles. The average Bonchev–Trinajstić information content (AvgIpc) is 2.91. The first-order chi connectivity index (χ1) is 19.2. The van der Waals surface area contributed by atoms with Gasteiger partial charge in [0.15, 0.2) is 0 Å². The van der Waals surface area contributed by atoms with Crippen molar-refractivity contribution in [3.05, 3.63) is 24.3 Å². The highest BCUT2D eigenvalue weighted by Crippen LogP contribution is 2.12. The lowest BCUT2D eigenvalue weighted by molar-refractivity contribution is -0.145. The molecule has 0 aromatic heterocycles. The molecule has 2 bridgehead atoms. The lowest BCUT2D eigenvalue weighted by Crippen LogP contribution is -2.60. The van der Waals surface area contributed by atoms with E-state index >= 15 is 0 Å². The van der Waals surface area contributed by atoms with E-state index < -0.39 is 95.9 Å². The van der Waals surface area contributed by atoms with Crippen LogP contribution in [0.1, 0.15) is 40.0 Å². The summed E-state index contributed by atoms with van der Waals surface area (Å²) >= 11 is 0. The van der Waals surface area contributed by atoms with Crippen molar-refractivity contribution in [3.63, 3.8) is 0 Å². The summed E-state index contributed by atoms with van der Waals surface area (Å²) in [4.78, 5) is 89.5. The summed E-state index contributed by atoms with van der Waals surface area (Å²) in [5, 5.41) is 12.6. The maximum atomic E-state index is 13.5. The van der Waals surface area contributed by atoms with Gasteiger partial charge < -0.3 is 42.8 Å². The number of primary amides is 1. The number of fused-ring (bicyclic) bond motifs is 3. The number of nitrogens with two attached hydrogens (primary N) is 2. The first-order valence-electron chi connectivity index (χ1n) is 13.2. The molecule has 9 N–H and O–H groups in total. The molecule has 0 saturated carbocycles. The second-order valence-electron chi connectivity index (χ2n) is 10.2. The number of carbonyl (C=O) groups is 7. The van der Waals surface area contributed by atoms with Crippen LogP contribution in [-0.4, -0.2) is 84.8 Å². The van der Waals surface area contributed by atoms with Crippen molar-refractivity contribution in [2.75, 3.05) is 7.11 Å². The third-order valence-electron chi connectivity index (χ3n) is 6.82. The molecule has 0 saturated heterocycles. The first-order valence-corrected chi connectivity index (χ1v) is 13.2. The number of esters is 1. The standard InChI is InChI=1S/C26H39N7O8/c1-12-7-5-9-15-22(36)32-17(11-18(27)34)23(37)31-16(26(40)41-4)10-6-8-13(2)20(25(39)30-15)33-21(35)14(3)29-24(38)19(12)28/h5-8,12-17,19-20H,9-11,28H2,1-4H3,(H2,27,34)(H,29,38)(H,30,39)(H,31,37)(H,32,36)(H,33,35)/b7-5+,8-6+/t12-,13+,14-,15-,16-,17-,19+,20+/m0/s1. The van der Waals surface area contributed by atoms with Gasteiger partial charge in [-0.3, -0.25) is 28.8 Å². The van der Waals surface area contributed by atoms with Crippen LogP contribution in [0.25, 0.3) is 0 Å². The van der Waals surface area contributed by atoms with Gasteiger partial charge in [0.1, 0.15) is 30.2 Å². The minimum absolute atomic E-state index is 0.0712. The van der Waals surface area contributed by atoms with Crippen LogP contribution in [0.3, 0.4) is 0 Å². The number of rotatable bonds is 3. The van der Waals surface area contributed by atoms with E-state index in [2.05, 4.69) is 26.6 Å². The number of methoxy groups -OCH3 is 1. The maximum absolute atomic E-state index is 13.5. The van der Waals surface area contributed by atoms with Crippen LogP contribution in [0, 0.1) is 11.8 Å². The largest absolute Gasteiger partial charge is 0.467 e. The Balaban J connectivity index is 2.60. The molecule has 2 rings (SSSR count). The van der Waals surface area contributed by atoms with Crippen LogP contribution in [0.2, 0.25) is 0 Å². The van der Waals surface area contributed by atoms with Gasteiger partial charge in [-0.2, -0.15) is 0 Å². The number of amides is 6. The van der Waals surface area contributed by atoms with E-state index in [0.717, 1.165) is 7.11 Å². The fraction of sp³-hybridized carbons (Fsp3) is 0.577. The van der Waals surface area contributed by atoms with E-state index in [-0.39, 0.29) is 12.8 Å². The Morgan fingerprint density at radius 1 is 0.805 bits per heavy atom. The zero-order chi connectivity index (χ0) is 30.9. The molecule has 226 valence electrons. The lowest BCUT2D eigenvalue weighted by Gasteiger charge is -2.29. The molecule has 0 spiro atoms. The van der Waals surface area contributed by atoms with E-state index in [1.54, 1.807) is 32.1 Å². The summed E-state index contributed by atoms with van der Waals surface area (Å²) < 4.78 is 4.76. The molecule has 41 heavy (non-hydrogen) atoms. The number of ether oxygens (including phenoxy) is 1. The molecule has 0 radical (unpaired) electrons. The van der Waals surface area contributed by atoms with Gasteiger partial charge in [0.25, 0.3) is 0 Å². The Morgan fingerprint density at radius 2 is 1.44 bits per heavy atom. The van der Waals surface area contributed by atoms with Crippen molar-refractivity contribution in [2.45, 2.75) is 76.3 Å². The molecule has 0 aromatic carbocycles. The Kier molecular flexibility index (Phi) is 12.0. The Labute approximate surface area is 237 Å². The maximum Gasteiger partial charge on any atom is 0.328 e. The number of carbonyl (C=O) groups excluding carboxylic acids is 7. The van der Waals surface area contributed by atoms with Crippen LogP contribution < -0.4 is 38.1 Å². The van der Waals surface area contributed by atoms with E-state index in [9.17, 15) is 33.6 Å². The van der Waals surface area contributed by atoms with Gasteiger partial charge in [-0.25, -0.2) is 4.79 Å². The zero-order valence-electron chi connectivity index (χ0n) is 23.5. The summed E-state index contributed by atoms with van der Waals surface area (Å²) in [5.74, 6) is -6.54. The minimum Gasteiger partial charge on any atom is -0.467 e. The smallest absolute Gasteiger partial charge is 0.328 e. The highest BCUT2D eigenvalue weighted by Gasteiger charge is 2.35. The summed E-state index contributed by atoms with van der Waals surface area (Å²) in [6, 6.07) is -7.19. The van der Waals surface area contributed by atoms with Crippen molar-refractivity contribution in [1.82, 2.24) is 26.6 Å². The summed E-state index contributed by atoms with van der Waals surface area (Å²) in [7, 11) is 1.13. The highest BCUT2D eigenvalue weighted by molar-refractivity contribution is 5.97. The number of hydrogen-bond donors (Lipinski definition) is 7. The lowest BCUT2D eigenvalue weighted by atomic mass is 9.96. The van der Waals surface area contributed by atoms with Crippen molar-refractivity contribution in [1.29, 1.82) is 0 Å². The first kappa shape index (κ1) is 32.9. The average molecular weight is 578 g/mol. The second-order valence-corrected chi connectivity index (χ2v) is 10.2. The molecular formula is C26H39N7O8. The van der Waals surface area contributed by atoms with E-state index in [0.29, 0.717) is 0 Å². The normalized spacial score (nSPS) is 33.8. The summed E-state index contributed by atoms with van der Waals surface area (Å²) in [5.41, 5.74) is 11.3. The van der Waals surface area contributed by atoms with Gasteiger partial charge in [-0.1, -0.05) is 38.2 Å². The molecule has 6 amide bonds. The van der Waals surface area contributed by atoms with Crippen LogP contribution in [-0.2, 0) is 38.3 Å². The monoisotopic (exact) mass is 577 g/mol. The van der Waals surface area contributed by atoms with E-state index in [4.69, 9.17) is 16.2 Å². The van der Waals surface area contributed by atoms with Crippen LogP contribution in [0.15, 0.2) is 24.3 Å². The highest BCUT2D eigenvalue weighted by atomic mass is 16.5. The predicted octanol–water partition coefficient (Wildman–Crippen LogP) is -3.00. The van der Waals surface area contributed by atoms with Crippen molar-refractivity contribution >= 4 is 41.4 Å². The molecule has 8 atom stereocenters. The van der Waals surface area contributed by atoms with Gasteiger partial charge in [0, 0.05) is 5.92 Å². The fourth-order valence-electron chi connectivity index (χ4n) is 4.22. The molecule has 15 heteroatoms. The Morgan fingerprint density at radius 3 is 2.07 bits per heavy atom. The molecule has 0 aromatic rings.